The number of hydrogen-bond acceptors (Lipinski definition) is 6. The van der Waals surface area contributed by atoms with E-state index in [1.807, 2.05) is 19.2 Å². The zero-order chi connectivity index (χ0) is 14.8. The van der Waals surface area contributed by atoms with E-state index in [-0.39, 0.29) is 10.6 Å². The molecule has 0 saturated carbocycles. The third-order valence-electron chi connectivity index (χ3n) is 4.01. The van der Waals surface area contributed by atoms with Gasteiger partial charge in [0.1, 0.15) is 5.69 Å². The first-order valence-electron chi connectivity index (χ1n) is 7.14. The van der Waals surface area contributed by atoms with Crippen LogP contribution in [0.15, 0.2) is 17.6 Å². The molecule has 0 radical (unpaired) electrons. The number of likely N-dealkylation sites (N-methyl/N-ethyl adjacent to an activating group) is 1. The van der Waals surface area contributed by atoms with Gasteiger partial charge in [0.2, 0.25) is 0 Å². The maximum Gasteiger partial charge on any atom is 0.319 e. The van der Waals surface area contributed by atoms with Gasteiger partial charge in [-0.25, -0.2) is 4.98 Å². The quantitative estimate of drug-likeness (QED) is 0.694. The Kier molecular flexibility index (Phi) is 4.03. The molecule has 7 heteroatoms. The van der Waals surface area contributed by atoms with Gasteiger partial charge in [0, 0.05) is 19.1 Å². The van der Waals surface area contributed by atoms with Gasteiger partial charge in [-0.15, -0.1) is 11.3 Å². The number of nitro groups is 1. The van der Waals surface area contributed by atoms with Gasteiger partial charge in [0.25, 0.3) is 0 Å². The minimum atomic E-state index is -0.289. The van der Waals surface area contributed by atoms with E-state index < -0.39 is 0 Å². The maximum atomic E-state index is 11.6. The normalized spacial score (nSPS) is 19.1. The number of benzene rings is 1. The maximum absolute atomic E-state index is 11.6. The highest BCUT2D eigenvalue weighted by atomic mass is 32.1. The molecule has 0 bridgehead atoms. The Morgan fingerprint density at radius 1 is 1.52 bits per heavy atom. The van der Waals surface area contributed by atoms with Crippen molar-refractivity contribution in [3.05, 3.63) is 27.8 Å². The average Bonchev–Trinajstić information content (AvgIpc) is 2.95. The van der Waals surface area contributed by atoms with E-state index in [1.54, 1.807) is 5.51 Å². The molecule has 1 N–H and O–H groups in total. The van der Waals surface area contributed by atoms with Crippen LogP contribution >= 0.6 is 11.3 Å². The van der Waals surface area contributed by atoms with Crippen LogP contribution in [0.4, 0.5) is 11.4 Å². The number of hydrogen-bond donors (Lipinski definition) is 1. The zero-order valence-corrected chi connectivity index (χ0v) is 12.7. The molecule has 2 aromatic rings. The number of anilines is 1. The van der Waals surface area contributed by atoms with Crippen molar-refractivity contribution in [1.29, 1.82) is 0 Å². The summed E-state index contributed by atoms with van der Waals surface area (Å²) in [5, 5.41) is 14.8. The Bertz CT molecular complexity index is 655. The molecule has 21 heavy (non-hydrogen) atoms. The monoisotopic (exact) mass is 306 g/mol. The lowest BCUT2D eigenvalue weighted by atomic mass is 10.0. The summed E-state index contributed by atoms with van der Waals surface area (Å²) in [7, 11) is 1.92. The number of aromatic nitrogens is 1. The first kappa shape index (κ1) is 14.2. The van der Waals surface area contributed by atoms with Crippen LogP contribution < -0.4 is 10.2 Å². The lowest BCUT2D eigenvalue weighted by Crippen LogP contribution is -2.45. The third-order valence-corrected chi connectivity index (χ3v) is 4.81. The molecular formula is C14H18N4O2S. The van der Waals surface area contributed by atoms with Gasteiger partial charge in [-0.3, -0.25) is 10.1 Å². The highest BCUT2D eigenvalue weighted by Crippen LogP contribution is 2.38. The van der Waals surface area contributed by atoms with Crippen molar-refractivity contribution in [2.24, 2.45) is 0 Å². The van der Waals surface area contributed by atoms with Crippen LogP contribution in [0.25, 0.3) is 10.2 Å². The van der Waals surface area contributed by atoms with E-state index in [4.69, 9.17) is 0 Å². The third kappa shape index (κ3) is 2.58. The highest BCUT2D eigenvalue weighted by molar-refractivity contribution is 7.16. The van der Waals surface area contributed by atoms with Crippen LogP contribution in [0, 0.1) is 10.1 Å². The molecule has 1 fully saturated rings. The smallest absolute Gasteiger partial charge is 0.319 e. The predicted molar refractivity (Wildman–Crippen MR) is 85.2 cm³/mol. The van der Waals surface area contributed by atoms with E-state index in [9.17, 15) is 10.1 Å². The topological polar surface area (TPSA) is 71.3 Å². The second kappa shape index (κ2) is 5.95. The molecule has 6 nitrogen and oxygen atoms in total. The Labute approximate surface area is 126 Å². The molecule has 1 aliphatic heterocycles. The molecular weight excluding hydrogens is 288 g/mol. The van der Waals surface area contributed by atoms with Crippen molar-refractivity contribution in [2.45, 2.75) is 25.3 Å². The van der Waals surface area contributed by atoms with Crippen molar-refractivity contribution in [3.8, 4) is 0 Å². The van der Waals surface area contributed by atoms with Crippen molar-refractivity contribution >= 4 is 32.9 Å². The van der Waals surface area contributed by atoms with Crippen molar-refractivity contribution in [3.63, 3.8) is 0 Å². The van der Waals surface area contributed by atoms with Crippen molar-refractivity contribution in [1.82, 2.24) is 10.3 Å². The fourth-order valence-electron chi connectivity index (χ4n) is 3.08. The fourth-order valence-corrected chi connectivity index (χ4v) is 3.76. The summed E-state index contributed by atoms with van der Waals surface area (Å²) in [4.78, 5) is 17.7. The van der Waals surface area contributed by atoms with Gasteiger partial charge >= 0.3 is 5.69 Å². The summed E-state index contributed by atoms with van der Waals surface area (Å²) in [6.45, 7) is 1.70. The van der Waals surface area contributed by atoms with Gasteiger partial charge in [-0.05, 0) is 38.4 Å². The number of thiazole rings is 1. The molecule has 1 atom stereocenters. The summed E-state index contributed by atoms with van der Waals surface area (Å²) in [5.41, 5.74) is 3.04. The molecule has 1 aromatic carbocycles. The number of rotatable bonds is 4. The van der Waals surface area contributed by atoms with E-state index in [0.717, 1.165) is 30.6 Å². The number of nitrogens with one attached hydrogen (secondary N) is 1. The standard InChI is InChI=1S/C14H18N4O2S/c1-15-8-10-4-2-3-7-17(10)11-5-6-12-13(16-9-21-12)14(11)18(19)20/h5-6,9-10,15H,2-4,7-8H2,1H3. The van der Waals surface area contributed by atoms with E-state index in [2.05, 4.69) is 15.2 Å². The van der Waals surface area contributed by atoms with Crippen molar-refractivity contribution in [2.75, 3.05) is 25.0 Å². The van der Waals surface area contributed by atoms with Gasteiger partial charge in [0.15, 0.2) is 5.52 Å². The number of fused-ring (bicyclic) bond motifs is 1. The molecule has 1 aliphatic rings. The second-order valence-corrected chi connectivity index (χ2v) is 6.18. The molecule has 112 valence electrons. The minimum Gasteiger partial charge on any atom is -0.362 e. The van der Waals surface area contributed by atoms with E-state index in [0.29, 0.717) is 17.2 Å². The number of piperidine rings is 1. The minimum absolute atomic E-state index is 0.150. The molecule has 3 rings (SSSR count). The number of nitrogens with zero attached hydrogens (tertiary/aromatic N) is 3. The molecule has 0 aliphatic carbocycles. The molecule has 2 heterocycles. The summed E-state index contributed by atoms with van der Waals surface area (Å²) in [5.74, 6) is 0. The first-order valence-corrected chi connectivity index (χ1v) is 8.02. The van der Waals surface area contributed by atoms with Crippen LogP contribution in [0.2, 0.25) is 0 Å². The Morgan fingerprint density at radius 3 is 3.14 bits per heavy atom. The second-order valence-electron chi connectivity index (χ2n) is 5.29. The van der Waals surface area contributed by atoms with E-state index >= 15 is 0 Å². The van der Waals surface area contributed by atoms with Gasteiger partial charge < -0.3 is 10.2 Å². The van der Waals surface area contributed by atoms with Crippen LogP contribution in [-0.4, -0.2) is 36.1 Å². The zero-order valence-electron chi connectivity index (χ0n) is 11.9. The first-order chi connectivity index (χ1) is 10.2. The van der Waals surface area contributed by atoms with E-state index in [1.165, 1.54) is 17.8 Å². The van der Waals surface area contributed by atoms with Gasteiger partial charge in [0.05, 0.1) is 15.1 Å². The predicted octanol–water partition coefficient (Wildman–Crippen LogP) is 2.78. The lowest BCUT2D eigenvalue weighted by molar-refractivity contribution is -0.382. The summed E-state index contributed by atoms with van der Waals surface area (Å²) >= 11 is 1.44. The number of nitro benzene ring substituents is 1. The average molecular weight is 306 g/mol. The summed E-state index contributed by atoms with van der Waals surface area (Å²) in [6, 6.07) is 4.13. The van der Waals surface area contributed by atoms with Crippen LogP contribution in [0.3, 0.4) is 0 Å². The molecule has 0 amide bonds. The van der Waals surface area contributed by atoms with Gasteiger partial charge in [-0.1, -0.05) is 0 Å². The summed E-state index contributed by atoms with van der Waals surface area (Å²) < 4.78 is 0.868. The molecule has 1 aromatic heterocycles. The van der Waals surface area contributed by atoms with Crippen LogP contribution in [-0.2, 0) is 0 Å². The highest BCUT2D eigenvalue weighted by Gasteiger charge is 2.30. The largest absolute Gasteiger partial charge is 0.362 e. The molecule has 0 spiro atoms. The molecule has 1 saturated heterocycles. The SMILES string of the molecule is CNCC1CCCCN1c1ccc2scnc2c1[N+](=O)[O-]. The van der Waals surface area contributed by atoms with Gasteiger partial charge in [-0.2, -0.15) is 0 Å². The van der Waals surface area contributed by atoms with Crippen molar-refractivity contribution < 1.29 is 4.92 Å². The Hall–Kier alpha value is -1.73. The summed E-state index contributed by atoms with van der Waals surface area (Å²) in [6.07, 6.45) is 3.31. The molecule has 1 unspecified atom stereocenters. The van der Waals surface area contributed by atoms with Crippen LogP contribution in [0.1, 0.15) is 19.3 Å². The fraction of sp³-hybridized carbons (Fsp3) is 0.500. The Morgan fingerprint density at radius 2 is 2.38 bits per heavy atom. The Balaban J connectivity index is 2.09. The van der Waals surface area contributed by atoms with Crippen LogP contribution in [0.5, 0.6) is 0 Å². The lowest BCUT2D eigenvalue weighted by Gasteiger charge is -2.37.